The van der Waals surface area contributed by atoms with E-state index in [1.807, 2.05) is 18.2 Å². The molecule has 3 rings (SSSR count). The normalized spacial score (nSPS) is 15.7. The van der Waals surface area contributed by atoms with Gasteiger partial charge in [0.15, 0.2) is 0 Å². The van der Waals surface area contributed by atoms with Crippen molar-refractivity contribution in [3.63, 3.8) is 0 Å². The van der Waals surface area contributed by atoms with Crippen molar-refractivity contribution in [3.05, 3.63) is 65.7 Å². The zero-order valence-electron chi connectivity index (χ0n) is 12.6. The van der Waals surface area contributed by atoms with Crippen LogP contribution in [0.5, 0.6) is 0 Å². The number of halogens is 2. The topological polar surface area (TPSA) is 3.24 Å². The van der Waals surface area contributed by atoms with Gasteiger partial charge < -0.3 is 4.90 Å². The Balaban J connectivity index is 1.91. The number of rotatable bonds is 4. The van der Waals surface area contributed by atoms with Crippen LogP contribution < -0.4 is 4.90 Å². The molecule has 3 heteroatoms. The highest BCUT2D eigenvalue weighted by Gasteiger charge is 2.24. The van der Waals surface area contributed by atoms with Gasteiger partial charge in [0.1, 0.15) is 11.6 Å². The minimum absolute atomic E-state index is 0.328. The fourth-order valence-electron chi connectivity index (χ4n) is 3.30. The molecule has 1 fully saturated rings. The Morgan fingerprint density at radius 3 is 2.32 bits per heavy atom. The molecule has 0 spiro atoms. The molecule has 0 aromatic heterocycles. The first-order valence-corrected chi connectivity index (χ1v) is 7.99. The molecule has 1 nitrogen and oxygen atoms in total. The van der Waals surface area contributed by atoms with Gasteiger partial charge in [-0.2, -0.15) is 0 Å². The van der Waals surface area contributed by atoms with Crippen molar-refractivity contribution < 1.29 is 8.78 Å². The quantitative estimate of drug-likeness (QED) is 0.740. The van der Waals surface area contributed by atoms with Crippen LogP contribution in [0.3, 0.4) is 0 Å². The molecule has 0 heterocycles. The van der Waals surface area contributed by atoms with Crippen molar-refractivity contribution in [2.24, 2.45) is 0 Å². The molecular weight excluding hydrogens is 280 g/mol. The summed E-state index contributed by atoms with van der Waals surface area (Å²) >= 11 is 0. The van der Waals surface area contributed by atoms with Gasteiger partial charge in [-0.1, -0.05) is 49.6 Å². The van der Waals surface area contributed by atoms with E-state index < -0.39 is 11.6 Å². The predicted molar refractivity (Wildman–Crippen MR) is 85.9 cm³/mol. The molecular formula is C19H21F2N. The van der Waals surface area contributed by atoms with E-state index in [1.54, 1.807) is 6.07 Å². The molecule has 1 aliphatic carbocycles. The molecule has 2 aromatic carbocycles. The number of benzene rings is 2. The lowest BCUT2D eigenvalue weighted by molar-refractivity contribution is 0.409. The summed E-state index contributed by atoms with van der Waals surface area (Å²) in [5.74, 6) is -0.994. The Labute approximate surface area is 130 Å². The molecule has 0 N–H and O–H groups in total. The molecule has 22 heavy (non-hydrogen) atoms. The van der Waals surface area contributed by atoms with E-state index in [2.05, 4.69) is 17.0 Å². The second-order valence-electron chi connectivity index (χ2n) is 6.00. The molecule has 0 bridgehead atoms. The monoisotopic (exact) mass is 301 g/mol. The van der Waals surface area contributed by atoms with Crippen LogP contribution in [0.25, 0.3) is 0 Å². The third-order valence-corrected chi connectivity index (χ3v) is 4.43. The van der Waals surface area contributed by atoms with E-state index in [-0.39, 0.29) is 0 Å². The molecule has 0 aliphatic heterocycles. The average Bonchev–Trinajstić information content (AvgIpc) is 2.55. The first kappa shape index (κ1) is 15.0. The maximum atomic E-state index is 14.3. The fraction of sp³-hybridized carbons (Fsp3) is 0.368. The Hall–Kier alpha value is -1.90. The largest absolute Gasteiger partial charge is 0.362 e. The highest BCUT2D eigenvalue weighted by molar-refractivity contribution is 5.49. The van der Waals surface area contributed by atoms with Crippen LogP contribution in [-0.4, -0.2) is 6.04 Å². The molecule has 2 aromatic rings. The van der Waals surface area contributed by atoms with Crippen LogP contribution in [0.4, 0.5) is 14.5 Å². The summed E-state index contributed by atoms with van der Waals surface area (Å²) in [6.45, 7) is 0.661. The van der Waals surface area contributed by atoms with E-state index in [0.717, 1.165) is 24.5 Å². The van der Waals surface area contributed by atoms with E-state index in [4.69, 9.17) is 0 Å². The van der Waals surface area contributed by atoms with Crippen molar-refractivity contribution in [2.45, 2.75) is 44.7 Å². The number of hydrogen-bond acceptors (Lipinski definition) is 1. The molecule has 0 atom stereocenters. The molecule has 0 radical (unpaired) electrons. The maximum Gasteiger partial charge on any atom is 0.149 e. The summed E-state index contributed by atoms with van der Waals surface area (Å²) in [5, 5.41) is 0. The maximum absolute atomic E-state index is 14.3. The highest BCUT2D eigenvalue weighted by atomic mass is 19.1. The van der Waals surface area contributed by atoms with Crippen LogP contribution in [-0.2, 0) is 6.54 Å². The summed E-state index contributed by atoms with van der Waals surface area (Å²) in [5.41, 5.74) is 1.66. The van der Waals surface area contributed by atoms with Gasteiger partial charge in [0.2, 0.25) is 0 Å². The SMILES string of the molecule is Fc1ccc(N(Cc2ccccc2)C2CCCCC2)c(F)c1. The second kappa shape index (κ2) is 6.91. The first-order valence-electron chi connectivity index (χ1n) is 7.99. The molecule has 0 saturated heterocycles. The molecule has 1 aliphatic rings. The number of hydrogen-bond donors (Lipinski definition) is 0. The second-order valence-corrected chi connectivity index (χ2v) is 6.00. The molecule has 0 amide bonds. The van der Waals surface area contributed by atoms with Crippen molar-refractivity contribution in [2.75, 3.05) is 4.90 Å². The Kier molecular flexibility index (Phi) is 4.71. The Bertz CT molecular complexity index is 606. The smallest absolute Gasteiger partial charge is 0.149 e. The average molecular weight is 301 g/mol. The first-order chi connectivity index (χ1) is 10.7. The van der Waals surface area contributed by atoms with E-state index in [9.17, 15) is 8.78 Å². The minimum Gasteiger partial charge on any atom is -0.362 e. The predicted octanol–water partition coefficient (Wildman–Crippen LogP) is 5.30. The van der Waals surface area contributed by atoms with E-state index in [0.29, 0.717) is 18.3 Å². The van der Waals surface area contributed by atoms with E-state index in [1.165, 1.54) is 25.3 Å². The van der Waals surface area contributed by atoms with Gasteiger partial charge in [0.25, 0.3) is 0 Å². The van der Waals surface area contributed by atoms with Gasteiger partial charge in [-0.05, 0) is 30.5 Å². The van der Waals surface area contributed by atoms with Gasteiger partial charge in [0, 0.05) is 18.7 Å². The zero-order chi connectivity index (χ0) is 15.4. The molecule has 0 unspecified atom stereocenters. The van der Waals surface area contributed by atoms with Crippen molar-refractivity contribution in [3.8, 4) is 0 Å². The van der Waals surface area contributed by atoms with Gasteiger partial charge in [0.05, 0.1) is 5.69 Å². The van der Waals surface area contributed by atoms with Crippen molar-refractivity contribution in [1.82, 2.24) is 0 Å². The lowest BCUT2D eigenvalue weighted by atomic mass is 9.93. The van der Waals surface area contributed by atoms with Crippen LogP contribution >= 0.6 is 0 Å². The lowest BCUT2D eigenvalue weighted by Crippen LogP contribution is -2.37. The number of nitrogens with zero attached hydrogens (tertiary/aromatic N) is 1. The van der Waals surface area contributed by atoms with Crippen LogP contribution in [0.1, 0.15) is 37.7 Å². The Morgan fingerprint density at radius 2 is 1.64 bits per heavy atom. The fourth-order valence-corrected chi connectivity index (χ4v) is 3.30. The van der Waals surface area contributed by atoms with Gasteiger partial charge in [-0.3, -0.25) is 0 Å². The zero-order valence-corrected chi connectivity index (χ0v) is 12.6. The Morgan fingerprint density at radius 1 is 0.909 bits per heavy atom. The summed E-state index contributed by atoms with van der Waals surface area (Å²) in [6, 6.07) is 14.3. The summed E-state index contributed by atoms with van der Waals surface area (Å²) in [7, 11) is 0. The summed E-state index contributed by atoms with van der Waals surface area (Å²) < 4.78 is 27.5. The molecule has 116 valence electrons. The van der Waals surface area contributed by atoms with Crippen LogP contribution in [0.2, 0.25) is 0 Å². The third kappa shape index (κ3) is 3.46. The third-order valence-electron chi connectivity index (χ3n) is 4.43. The van der Waals surface area contributed by atoms with Gasteiger partial charge in [-0.15, -0.1) is 0 Å². The van der Waals surface area contributed by atoms with Crippen molar-refractivity contribution in [1.29, 1.82) is 0 Å². The van der Waals surface area contributed by atoms with Crippen molar-refractivity contribution >= 4 is 5.69 Å². The standard InChI is InChI=1S/C19H21F2N/c20-16-11-12-19(18(21)13-16)22(17-9-5-2-6-10-17)14-15-7-3-1-4-8-15/h1,3-4,7-8,11-13,17H,2,5-6,9-10,14H2. The summed E-state index contributed by atoms with van der Waals surface area (Å²) in [6.07, 6.45) is 5.76. The van der Waals surface area contributed by atoms with Gasteiger partial charge >= 0.3 is 0 Å². The minimum atomic E-state index is -0.524. The lowest BCUT2D eigenvalue weighted by Gasteiger charge is -2.36. The highest BCUT2D eigenvalue weighted by Crippen LogP contribution is 2.31. The van der Waals surface area contributed by atoms with Crippen LogP contribution in [0.15, 0.2) is 48.5 Å². The van der Waals surface area contributed by atoms with Crippen LogP contribution in [0, 0.1) is 11.6 Å². The van der Waals surface area contributed by atoms with E-state index >= 15 is 0 Å². The number of anilines is 1. The van der Waals surface area contributed by atoms with Gasteiger partial charge in [-0.25, -0.2) is 8.78 Å². The molecule has 1 saturated carbocycles. The summed E-state index contributed by atoms with van der Waals surface area (Å²) in [4.78, 5) is 2.11.